The molecule has 1 aromatic rings. The van der Waals surface area contributed by atoms with E-state index in [-0.39, 0.29) is 11.9 Å². The summed E-state index contributed by atoms with van der Waals surface area (Å²) in [5.41, 5.74) is 6.86. The average molecular weight is 641 g/mol. The van der Waals surface area contributed by atoms with Crippen molar-refractivity contribution in [1.82, 2.24) is 9.80 Å². The zero-order chi connectivity index (χ0) is 35.4. The Morgan fingerprint density at radius 1 is 1.09 bits per heavy atom. The first-order valence-corrected chi connectivity index (χ1v) is 17.1. The fraction of sp³-hybridized carbons (Fsp3) is 0.488. The van der Waals surface area contributed by atoms with Gasteiger partial charge < -0.3 is 14.5 Å². The van der Waals surface area contributed by atoms with Crippen LogP contribution in [0, 0.1) is 11.3 Å². The lowest BCUT2D eigenvalue weighted by molar-refractivity contribution is -0.155. The van der Waals surface area contributed by atoms with Crippen molar-refractivity contribution in [3.63, 3.8) is 0 Å². The van der Waals surface area contributed by atoms with Crippen LogP contribution in [0.4, 0.5) is 0 Å². The van der Waals surface area contributed by atoms with Crippen LogP contribution >= 0.6 is 0 Å². The Bertz CT molecular complexity index is 1380. The number of piperazine rings is 1. The molecule has 6 heteroatoms. The fourth-order valence-corrected chi connectivity index (χ4v) is 5.37. The largest absolute Gasteiger partial charge is 0.371 e. The smallest absolute Gasteiger partial charge is 0.254 e. The summed E-state index contributed by atoms with van der Waals surface area (Å²) >= 11 is 0. The van der Waals surface area contributed by atoms with Gasteiger partial charge in [-0.05, 0) is 91.0 Å². The number of aliphatic imine (C=N–C) groups is 1. The van der Waals surface area contributed by atoms with E-state index in [1.54, 1.807) is 7.11 Å². The van der Waals surface area contributed by atoms with Crippen LogP contribution in [0.3, 0.4) is 0 Å². The van der Waals surface area contributed by atoms with Crippen LogP contribution in [0.1, 0.15) is 100 Å². The quantitative estimate of drug-likeness (QED) is 0.122. The molecule has 1 aliphatic rings. The number of nitrogens with zero attached hydrogens (tertiary/aromatic N) is 4. The monoisotopic (exact) mass is 640 g/mol. The molecule has 0 saturated carbocycles. The third kappa shape index (κ3) is 13.4. The second-order valence-electron chi connectivity index (χ2n) is 12.4. The molecule has 1 amide bonds. The highest BCUT2D eigenvalue weighted by atomic mass is 16.5. The highest BCUT2D eigenvalue weighted by Gasteiger charge is 2.37. The first-order chi connectivity index (χ1) is 22.4. The summed E-state index contributed by atoms with van der Waals surface area (Å²) in [6.07, 6.45) is 18.1. The van der Waals surface area contributed by atoms with Gasteiger partial charge >= 0.3 is 0 Å². The second-order valence-corrected chi connectivity index (χ2v) is 12.4. The molecule has 1 saturated heterocycles. The number of carbonyl (C=O) groups is 1. The molecule has 256 valence electrons. The second kappa shape index (κ2) is 21.8. The Balaban J connectivity index is 0.000000663. The lowest BCUT2D eigenvalue weighted by Crippen LogP contribution is -2.58. The van der Waals surface area contributed by atoms with Gasteiger partial charge in [-0.2, -0.15) is 5.26 Å². The normalized spacial score (nSPS) is 17.4. The molecule has 0 bridgehead atoms. The Morgan fingerprint density at radius 3 is 2.28 bits per heavy atom. The van der Waals surface area contributed by atoms with E-state index in [9.17, 15) is 4.79 Å². The van der Waals surface area contributed by atoms with Crippen molar-refractivity contribution < 1.29 is 9.53 Å². The minimum atomic E-state index is -0.813. The van der Waals surface area contributed by atoms with Gasteiger partial charge in [0.2, 0.25) is 0 Å². The van der Waals surface area contributed by atoms with Gasteiger partial charge in [0.1, 0.15) is 5.60 Å². The standard InChI is InChI=1S/C28H41N3O2.C13H19N/c1-9-11-17-29-22(4)26(25(10-2)24-15-13-12-14-16-24)23(5)30-18-19-31(21(3)20-30)27(32)28(6,7)33-8;1-4-6-7-9-13(11-14)10-12(3)8-5-2/h10-17,21H,9,18-20H2,1-8H3;6-7,9-10H,4-5,8H2,1-3H3/b17-11+,25-10-,26-23-,29-22+;7-6+,12-10+,13-9+. The van der Waals surface area contributed by atoms with Crippen molar-refractivity contribution in [3.8, 4) is 6.07 Å². The van der Waals surface area contributed by atoms with Crippen molar-refractivity contribution in [3.05, 3.63) is 101 Å². The number of amides is 1. The molecule has 1 unspecified atom stereocenters. The summed E-state index contributed by atoms with van der Waals surface area (Å²) in [5.74, 6) is 0.0416. The average Bonchev–Trinajstić information content (AvgIpc) is 3.06. The van der Waals surface area contributed by atoms with Gasteiger partial charge in [-0.1, -0.05) is 87.4 Å². The van der Waals surface area contributed by atoms with Crippen LogP contribution in [0.15, 0.2) is 100 Å². The lowest BCUT2D eigenvalue weighted by atomic mass is 9.92. The van der Waals surface area contributed by atoms with E-state index in [1.807, 2.05) is 55.3 Å². The molecule has 47 heavy (non-hydrogen) atoms. The van der Waals surface area contributed by atoms with Crippen molar-refractivity contribution >= 4 is 17.2 Å². The molecule has 0 radical (unpaired) electrons. The number of nitriles is 1. The van der Waals surface area contributed by atoms with E-state index < -0.39 is 5.60 Å². The zero-order valence-corrected chi connectivity index (χ0v) is 31.1. The van der Waals surface area contributed by atoms with Crippen LogP contribution in [-0.2, 0) is 9.53 Å². The van der Waals surface area contributed by atoms with Gasteiger partial charge in [0.15, 0.2) is 0 Å². The van der Waals surface area contributed by atoms with Crippen molar-refractivity contribution in [2.45, 2.75) is 107 Å². The maximum atomic E-state index is 13.0. The number of hydrogen-bond acceptors (Lipinski definition) is 5. The molecular formula is C41H60N4O2. The molecule has 0 N–H and O–H groups in total. The molecule has 1 fully saturated rings. The number of benzene rings is 1. The Morgan fingerprint density at radius 2 is 1.74 bits per heavy atom. The van der Waals surface area contributed by atoms with Gasteiger partial charge in [0.25, 0.3) is 5.91 Å². The first-order valence-electron chi connectivity index (χ1n) is 17.1. The van der Waals surface area contributed by atoms with Crippen molar-refractivity contribution in [1.29, 1.82) is 5.26 Å². The summed E-state index contributed by atoms with van der Waals surface area (Å²) in [6, 6.07) is 12.7. The number of ether oxygens (including phenoxy) is 1. The molecule has 1 aromatic carbocycles. The van der Waals surface area contributed by atoms with E-state index >= 15 is 0 Å². The van der Waals surface area contributed by atoms with Crippen LogP contribution in [0.5, 0.6) is 0 Å². The number of rotatable bonds is 13. The zero-order valence-electron chi connectivity index (χ0n) is 31.1. The predicted octanol–water partition coefficient (Wildman–Crippen LogP) is 9.86. The van der Waals surface area contributed by atoms with Gasteiger partial charge in [-0.25, -0.2) is 0 Å². The van der Waals surface area contributed by atoms with Gasteiger partial charge in [0, 0.05) is 56.0 Å². The van der Waals surface area contributed by atoms with Gasteiger partial charge in [-0.3, -0.25) is 9.79 Å². The number of methoxy groups -OCH3 is 1. The molecule has 0 aromatic heterocycles. The third-order valence-corrected chi connectivity index (χ3v) is 8.19. The summed E-state index contributed by atoms with van der Waals surface area (Å²) in [6.45, 7) is 22.7. The van der Waals surface area contributed by atoms with Crippen LogP contribution < -0.4 is 0 Å². The van der Waals surface area contributed by atoms with E-state index in [0.717, 1.165) is 55.6 Å². The summed E-state index contributed by atoms with van der Waals surface area (Å²) in [7, 11) is 1.59. The van der Waals surface area contributed by atoms with E-state index in [2.05, 4.69) is 103 Å². The molecule has 1 aliphatic heterocycles. The molecular weight excluding hydrogens is 580 g/mol. The molecule has 1 heterocycles. The van der Waals surface area contributed by atoms with Crippen LogP contribution in [0.25, 0.3) is 5.57 Å². The Kier molecular flexibility index (Phi) is 19.0. The molecule has 1 atom stereocenters. The summed E-state index contributed by atoms with van der Waals surface area (Å²) < 4.78 is 5.44. The lowest BCUT2D eigenvalue weighted by Gasteiger charge is -2.44. The Labute approximate surface area is 286 Å². The summed E-state index contributed by atoms with van der Waals surface area (Å²) in [5, 5.41) is 8.85. The van der Waals surface area contributed by atoms with E-state index in [1.165, 1.54) is 22.4 Å². The maximum absolute atomic E-state index is 13.0. The highest BCUT2D eigenvalue weighted by molar-refractivity contribution is 6.12. The Hall–Kier alpha value is -3.95. The molecule has 2 rings (SSSR count). The summed E-state index contributed by atoms with van der Waals surface area (Å²) in [4.78, 5) is 22.1. The minimum Gasteiger partial charge on any atom is -0.371 e. The highest BCUT2D eigenvalue weighted by Crippen LogP contribution is 2.30. The van der Waals surface area contributed by atoms with Crippen molar-refractivity contribution in [2.75, 3.05) is 26.7 Å². The number of carbonyl (C=O) groups excluding carboxylic acids is 1. The number of hydrogen-bond donors (Lipinski definition) is 0. The third-order valence-electron chi connectivity index (χ3n) is 8.19. The van der Waals surface area contributed by atoms with Crippen LogP contribution in [-0.4, -0.2) is 59.8 Å². The van der Waals surface area contributed by atoms with E-state index in [0.29, 0.717) is 6.54 Å². The first kappa shape index (κ1) is 41.1. The topological polar surface area (TPSA) is 68.9 Å². The van der Waals surface area contributed by atoms with E-state index in [4.69, 9.17) is 15.0 Å². The van der Waals surface area contributed by atoms with Crippen LogP contribution in [0.2, 0.25) is 0 Å². The maximum Gasteiger partial charge on any atom is 0.254 e. The molecule has 0 aliphatic carbocycles. The molecule has 0 spiro atoms. The van der Waals surface area contributed by atoms with Gasteiger partial charge in [-0.15, -0.1) is 0 Å². The molecule has 6 nitrogen and oxygen atoms in total. The van der Waals surface area contributed by atoms with Crippen molar-refractivity contribution in [2.24, 2.45) is 4.99 Å². The minimum absolute atomic E-state index is 0.0416. The SMILES string of the molecule is CC/C=C/C=C(C#N)\C=C(/C)CCC.C\C=C(C(/C(C)=N/C=C/CC)=C(/C)N1CCN(C(=O)C(C)(C)OC)C(C)C1)\c1ccccc1. The fourth-order valence-electron chi connectivity index (χ4n) is 5.37. The number of allylic oxidation sites excluding steroid dienone is 11. The van der Waals surface area contributed by atoms with Gasteiger partial charge in [0.05, 0.1) is 11.6 Å². The predicted molar refractivity (Wildman–Crippen MR) is 201 cm³/mol.